The zero-order valence-corrected chi connectivity index (χ0v) is 11.2. The summed E-state index contributed by atoms with van der Waals surface area (Å²) in [5.74, 6) is 0. The number of benzene rings is 1. The summed E-state index contributed by atoms with van der Waals surface area (Å²) in [6, 6.07) is 8.96. The van der Waals surface area contributed by atoms with Gasteiger partial charge < -0.3 is 5.73 Å². The second kappa shape index (κ2) is 4.08. The molecule has 1 aromatic carbocycles. The molecule has 1 aromatic rings. The molecule has 0 bridgehead atoms. The average Bonchev–Trinajstić information content (AvgIpc) is 2.98. The van der Waals surface area contributed by atoms with Crippen molar-refractivity contribution in [3.05, 3.63) is 29.8 Å². The third kappa shape index (κ3) is 2.61. The summed E-state index contributed by atoms with van der Waals surface area (Å²) in [5, 5.41) is 0. The molecule has 2 heteroatoms. The van der Waals surface area contributed by atoms with E-state index in [1.165, 1.54) is 23.3 Å². The Labute approximate surface area is 103 Å². The minimum Gasteiger partial charge on any atom is -0.329 e. The Morgan fingerprint density at radius 1 is 1.19 bits per heavy atom. The summed E-state index contributed by atoms with van der Waals surface area (Å²) in [5.41, 5.74) is 7.44. The van der Waals surface area contributed by atoms with E-state index in [4.69, 9.17) is 5.73 Å². The van der Waals surface area contributed by atoms with Crippen LogP contribution in [0.5, 0.6) is 0 Å². The van der Waals surface area contributed by atoms with Gasteiger partial charge in [0.25, 0.3) is 0 Å². The average molecular weight is 235 g/mol. The largest absolute Gasteiger partial charge is 0.329 e. The van der Waals surface area contributed by atoms with Crippen molar-refractivity contribution >= 4 is 11.8 Å². The molecule has 1 nitrogen and oxygen atoms in total. The van der Waals surface area contributed by atoms with Crippen molar-refractivity contribution in [1.29, 1.82) is 0 Å². The predicted octanol–water partition coefficient (Wildman–Crippen LogP) is 3.57. The van der Waals surface area contributed by atoms with Crippen molar-refractivity contribution in [1.82, 2.24) is 0 Å². The molecular weight excluding hydrogens is 214 g/mol. The van der Waals surface area contributed by atoms with Gasteiger partial charge in [0, 0.05) is 16.2 Å². The third-order valence-corrected chi connectivity index (χ3v) is 4.75. The van der Waals surface area contributed by atoms with E-state index in [0.717, 1.165) is 6.54 Å². The first-order chi connectivity index (χ1) is 7.45. The Bertz CT molecular complexity index is 357. The molecule has 88 valence electrons. The monoisotopic (exact) mass is 235 g/mol. The van der Waals surface area contributed by atoms with Crippen LogP contribution in [0, 0.1) is 0 Å². The predicted molar refractivity (Wildman–Crippen MR) is 72.0 cm³/mol. The summed E-state index contributed by atoms with van der Waals surface area (Å²) >= 11 is 1.95. The molecule has 0 saturated heterocycles. The maximum atomic E-state index is 5.79. The van der Waals surface area contributed by atoms with E-state index < -0.39 is 0 Å². The van der Waals surface area contributed by atoms with Crippen LogP contribution in [0.4, 0.5) is 0 Å². The zero-order chi connectivity index (χ0) is 11.8. The Hall–Kier alpha value is -0.470. The van der Waals surface area contributed by atoms with E-state index in [0.29, 0.717) is 4.75 Å². The van der Waals surface area contributed by atoms with Crippen LogP contribution in [0.1, 0.15) is 39.2 Å². The molecule has 2 N–H and O–H groups in total. The van der Waals surface area contributed by atoms with Crippen molar-refractivity contribution in [3.63, 3.8) is 0 Å². The van der Waals surface area contributed by atoms with Gasteiger partial charge in [-0.15, -0.1) is 11.8 Å². The molecule has 0 aromatic heterocycles. The standard InChI is InChI=1S/C14H21NS/c1-13(2,3)11-4-6-12(7-5-11)16-14(10-15)8-9-14/h4-7H,8-10,15H2,1-3H3. The van der Waals surface area contributed by atoms with Crippen LogP contribution in [-0.2, 0) is 5.41 Å². The second-order valence-corrected chi connectivity index (χ2v) is 7.31. The van der Waals surface area contributed by atoms with Crippen LogP contribution in [0.2, 0.25) is 0 Å². The van der Waals surface area contributed by atoms with Crippen molar-refractivity contribution in [2.24, 2.45) is 5.73 Å². The van der Waals surface area contributed by atoms with Gasteiger partial charge in [-0.1, -0.05) is 32.9 Å². The quantitative estimate of drug-likeness (QED) is 0.867. The topological polar surface area (TPSA) is 26.0 Å². The highest BCUT2D eigenvalue weighted by Gasteiger charge is 2.42. The van der Waals surface area contributed by atoms with Gasteiger partial charge >= 0.3 is 0 Å². The SMILES string of the molecule is CC(C)(C)c1ccc(SC2(CN)CC2)cc1. The van der Waals surface area contributed by atoms with Gasteiger partial charge in [0.2, 0.25) is 0 Å². The molecule has 1 saturated carbocycles. The normalized spacial score (nSPS) is 18.5. The maximum absolute atomic E-state index is 5.79. The number of thioether (sulfide) groups is 1. The molecule has 0 unspecified atom stereocenters. The minimum absolute atomic E-state index is 0.244. The summed E-state index contributed by atoms with van der Waals surface area (Å²) < 4.78 is 0.364. The Morgan fingerprint density at radius 2 is 1.75 bits per heavy atom. The number of nitrogens with two attached hydrogens (primary N) is 1. The zero-order valence-electron chi connectivity index (χ0n) is 10.4. The van der Waals surface area contributed by atoms with Crippen LogP contribution in [0.15, 0.2) is 29.2 Å². The molecule has 0 spiro atoms. The van der Waals surface area contributed by atoms with Crippen molar-refractivity contribution in [2.75, 3.05) is 6.54 Å². The summed E-state index contributed by atoms with van der Waals surface area (Å²) in [6.45, 7) is 7.55. The van der Waals surface area contributed by atoms with E-state index in [2.05, 4.69) is 45.0 Å². The van der Waals surface area contributed by atoms with Crippen molar-refractivity contribution < 1.29 is 0 Å². The van der Waals surface area contributed by atoms with Crippen molar-refractivity contribution in [2.45, 2.75) is 48.7 Å². The highest BCUT2D eigenvalue weighted by Crippen LogP contribution is 2.50. The van der Waals surface area contributed by atoms with E-state index >= 15 is 0 Å². The lowest BCUT2D eigenvalue weighted by atomic mass is 9.87. The summed E-state index contributed by atoms with van der Waals surface area (Å²) in [7, 11) is 0. The molecular formula is C14H21NS. The van der Waals surface area contributed by atoms with Crippen LogP contribution in [0.3, 0.4) is 0 Å². The van der Waals surface area contributed by atoms with Crippen LogP contribution in [0.25, 0.3) is 0 Å². The lowest BCUT2D eigenvalue weighted by Gasteiger charge is -2.19. The van der Waals surface area contributed by atoms with Gasteiger partial charge in [-0.25, -0.2) is 0 Å². The lowest BCUT2D eigenvalue weighted by molar-refractivity contribution is 0.590. The van der Waals surface area contributed by atoms with Crippen molar-refractivity contribution in [3.8, 4) is 0 Å². The molecule has 16 heavy (non-hydrogen) atoms. The van der Waals surface area contributed by atoms with Gasteiger partial charge in [-0.3, -0.25) is 0 Å². The molecule has 0 amide bonds. The molecule has 0 radical (unpaired) electrons. The third-order valence-electron chi connectivity index (χ3n) is 3.23. The number of rotatable bonds is 3. The van der Waals surface area contributed by atoms with E-state index in [-0.39, 0.29) is 5.41 Å². The van der Waals surface area contributed by atoms with Gasteiger partial charge in [0.15, 0.2) is 0 Å². The number of hydrogen-bond donors (Lipinski definition) is 1. The fourth-order valence-corrected chi connectivity index (χ4v) is 2.92. The van der Waals surface area contributed by atoms with Gasteiger partial charge in [0.05, 0.1) is 0 Å². The maximum Gasteiger partial charge on any atom is 0.0330 e. The Kier molecular flexibility index (Phi) is 3.06. The molecule has 2 rings (SSSR count). The first kappa shape index (κ1) is 12.0. The lowest BCUT2D eigenvalue weighted by Crippen LogP contribution is -2.17. The van der Waals surface area contributed by atoms with Crippen LogP contribution in [-0.4, -0.2) is 11.3 Å². The fraction of sp³-hybridized carbons (Fsp3) is 0.571. The molecule has 0 aliphatic heterocycles. The fourth-order valence-electron chi connectivity index (χ4n) is 1.76. The molecule has 0 atom stereocenters. The highest BCUT2D eigenvalue weighted by molar-refractivity contribution is 8.01. The van der Waals surface area contributed by atoms with E-state index in [9.17, 15) is 0 Å². The molecule has 0 heterocycles. The molecule has 1 aliphatic carbocycles. The van der Waals surface area contributed by atoms with E-state index in [1.807, 2.05) is 11.8 Å². The van der Waals surface area contributed by atoms with Crippen LogP contribution >= 0.6 is 11.8 Å². The second-order valence-electron chi connectivity index (χ2n) is 5.76. The number of hydrogen-bond acceptors (Lipinski definition) is 2. The summed E-state index contributed by atoms with van der Waals surface area (Å²) in [6.07, 6.45) is 2.55. The highest BCUT2D eigenvalue weighted by atomic mass is 32.2. The van der Waals surface area contributed by atoms with Gasteiger partial charge in [-0.2, -0.15) is 0 Å². The van der Waals surface area contributed by atoms with Gasteiger partial charge in [-0.05, 0) is 36.0 Å². The van der Waals surface area contributed by atoms with E-state index in [1.54, 1.807) is 0 Å². The smallest absolute Gasteiger partial charge is 0.0330 e. The van der Waals surface area contributed by atoms with Gasteiger partial charge in [0.1, 0.15) is 0 Å². The first-order valence-corrected chi connectivity index (χ1v) is 6.77. The molecule has 1 aliphatic rings. The summed E-state index contributed by atoms with van der Waals surface area (Å²) in [4.78, 5) is 1.36. The Morgan fingerprint density at radius 3 is 2.12 bits per heavy atom. The Balaban J connectivity index is 2.08. The first-order valence-electron chi connectivity index (χ1n) is 5.95. The van der Waals surface area contributed by atoms with Crippen LogP contribution < -0.4 is 5.73 Å². The molecule has 1 fully saturated rings. The minimum atomic E-state index is 0.244.